The lowest BCUT2D eigenvalue weighted by Crippen LogP contribution is -2.42. The number of aromatic nitrogens is 2. The zero-order valence-electron chi connectivity index (χ0n) is 13.2. The average molecular weight is 351 g/mol. The van der Waals surface area contributed by atoms with Crippen LogP contribution in [0.4, 0.5) is 0 Å². The van der Waals surface area contributed by atoms with Crippen LogP contribution in [0.1, 0.15) is 27.5 Å². The van der Waals surface area contributed by atoms with Crippen molar-refractivity contribution in [1.82, 2.24) is 20.2 Å². The van der Waals surface area contributed by atoms with Crippen molar-refractivity contribution >= 4 is 18.3 Å². The summed E-state index contributed by atoms with van der Waals surface area (Å²) >= 11 is 0. The van der Waals surface area contributed by atoms with Gasteiger partial charge in [0.25, 0.3) is 11.5 Å². The quantitative estimate of drug-likeness (QED) is 0.732. The summed E-state index contributed by atoms with van der Waals surface area (Å²) in [6.45, 7) is 1.22. The molecule has 3 N–H and O–H groups in total. The Balaban J connectivity index is 0.00000208. The summed E-state index contributed by atoms with van der Waals surface area (Å²) in [6.07, 6.45) is 2.11. The van der Waals surface area contributed by atoms with Crippen LogP contribution in [0.25, 0.3) is 0 Å². The van der Waals surface area contributed by atoms with Crippen molar-refractivity contribution in [2.45, 2.75) is 12.5 Å². The van der Waals surface area contributed by atoms with Crippen LogP contribution in [0.15, 0.2) is 40.1 Å². The minimum Gasteiger partial charge on any atom is -0.350 e. The third kappa shape index (κ3) is 3.42. The molecule has 1 aliphatic rings. The standard InChI is InChI=1S/C16H18N4O3.ClH/c1-20-15(22)12(8-19-16(20)23)14(21)18-9-13-11-5-3-2-4-10(11)6-7-17-13;/h2-5,8,13,17H,6-7,9H2,1H3,(H,18,21)(H,19,23);1H. The number of carbonyl (C=O) groups excluding carboxylic acids is 1. The Morgan fingerprint density at radius 1 is 1.33 bits per heavy atom. The molecule has 8 heteroatoms. The van der Waals surface area contributed by atoms with Crippen molar-refractivity contribution in [1.29, 1.82) is 0 Å². The number of hydrogen-bond acceptors (Lipinski definition) is 4. The second-order valence-corrected chi connectivity index (χ2v) is 5.54. The zero-order valence-corrected chi connectivity index (χ0v) is 14.0. The van der Waals surface area contributed by atoms with Gasteiger partial charge in [-0.05, 0) is 24.1 Å². The monoisotopic (exact) mass is 350 g/mol. The van der Waals surface area contributed by atoms with Gasteiger partial charge in [-0.15, -0.1) is 12.4 Å². The first-order chi connectivity index (χ1) is 11.1. The predicted octanol–water partition coefficient (Wildman–Crippen LogP) is 0.112. The van der Waals surface area contributed by atoms with Gasteiger partial charge in [0.1, 0.15) is 5.56 Å². The number of halogens is 1. The number of hydrogen-bond donors (Lipinski definition) is 3. The Labute approximate surface area is 144 Å². The molecule has 1 unspecified atom stereocenters. The molecule has 1 aliphatic heterocycles. The number of amides is 1. The minimum atomic E-state index is -0.608. The van der Waals surface area contributed by atoms with E-state index in [1.807, 2.05) is 18.2 Å². The molecule has 3 rings (SSSR count). The minimum absolute atomic E-state index is 0. The maximum atomic E-state index is 12.2. The van der Waals surface area contributed by atoms with Gasteiger partial charge in [-0.1, -0.05) is 24.3 Å². The summed E-state index contributed by atoms with van der Waals surface area (Å²) < 4.78 is 0.878. The number of aromatic amines is 1. The first-order valence-electron chi connectivity index (χ1n) is 7.46. The summed E-state index contributed by atoms with van der Waals surface area (Å²) in [5.41, 5.74) is 1.20. The van der Waals surface area contributed by atoms with Crippen LogP contribution >= 0.6 is 12.4 Å². The summed E-state index contributed by atoms with van der Waals surface area (Å²) in [7, 11) is 1.33. The van der Waals surface area contributed by atoms with Crippen molar-refractivity contribution in [2.75, 3.05) is 13.1 Å². The molecule has 128 valence electrons. The molecule has 24 heavy (non-hydrogen) atoms. The molecule has 0 radical (unpaired) electrons. The number of carbonyl (C=O) groups is 1. The number of rotatable bonds is 3. The Morgan fingerprint density at radius 3 is 2.88 bits per heavy atom. The number of nitrogens with one attached hydrogen (secondary N) is 3. The Morgan fingerprint density at radius 2 is 2.08 bits per heavy atom. The summed E-state index contributed by atoms with van der Waals surface area (Å²) in [6, 6.07) is 8.11. The molecule has 0 fully saturated rings. The van der Waals surface area contributed by atoms with Crippen molar-refractivity contribution in [2.24, 2.45) is 7.05 Å². The maximum Gasteiger partial charge on any atom is 0.328 e. The van der Waals surface area contributed by atoms with Gasteiger partial charge >= 0.3 is 5.69 Å². The number of fused-ring (bicyclic) bond motifs is 1. The van der Waals surface area contributed by atoms with Crippen LogP contribution in [-0.2, 0) is 13.5 Å². The fourth-order valence-corrected chi connectivity index (χ4v) is 2.79. The number of benzene rings is 1. The van der Waals surface area contributed by atoms with Crippen LogP contribution in [-0.4, -0.2) is 28.5 Å². The summed E-state index contributed by atoms with van der Waals surface area (Å²) in [4.78, 5) is 37.9. The smallest absolute Gasteiger partial charge is 0.328 e. The molecule has 0 saturated heterocycles. The van der Waals surface area contributed by atoms with E-state index in [0.29, 0.717) is 6.54 Å². The molecule has 1 amide bonds. The van der Waals surface area contributed by atoms with Gasteiger partial charge in [-0.3, -0.25) is 14.2 Å². The van der Waals surface area contributed by atoms with Crippen molar-refractivity contribution in [3.8, 4) is 0 Å². The lowest BCUT2D eigenvalue weighted by Gasteiger charge is -2.27. The van der Waals surface area contributed by atoms with Gasteiger partial charge in [0.05, 0.1) is 0 Å². The van der Waals surface area contributed by atoms with E-state index in [1.165, 1.54) is 12.6 Å². The van der Waals surface area contributed by atoms with E-state index >= 15 is 0 Å². The molecule has 2 heterocycles. The van der Waals surface area contributed by atoms with Crippen LogP contribution in [0, 0.1) is 0 Å². The van der Waals surface area contributed by atoms with Gasteiger partial charge in [0.2, 0.25) is 0 Å². The number of nitrogens with zero attached hydrogens (tertiary/aromatic N) is 1. The predicted molar refractivity (Wildman–Crippen MR) is 92.8 cm³/mol. The molecule has 2 aromatic rings. The first kappa shape index (κ1) is 18.0. The fraction of sp³-hybridized carbons (Fsp3) is 0.312. The van der Waals surface area contributed by atoms with Gasteiger partial charge in [-0.2, -0.15) is 0 Å². The first-order valence-corrected chi connectivity index (χ1v) is 7.46. The molecule has 1 aromatic heterocycles. The Hall–Kier alpha value is -2.38. The SMILES string of the molecule is Cl.Cn1c(=O)[nH]cc(C(=O)NCC2NCCc3ccccc32)c1=O. The lowest BCUT2D eigenvalue weighted by molar-refractivity contribution is 0.0946. The zero-order chi connectivity index (χ0) is 16.4. The van der Waals surface area contributed by atoms with E-state index in [4.69, 9.17) is 0 Å². The summed E-state index contributed by atoms with van der Waals surface area (Å²) in [5.74, 6) is -0.494. The average Bonchev–Trinajstić information content (AvgIpc) is 2.57. The van der Waals surface area contributed by atoms with Crippen LogP contribution < -0.4 is 21.9 Å². The van der Waals surface area contributed by atoms with Gasteiger partial charge in [0, 0.05) is 25.8 Å². The molecule has 0 saturated carbocycles. The highest BCUT2D eigenvalue weighted by Crippen LogP contribution is 2.21. The molecular weight excluding hydrogens is 332 g/mol. The van der Waals surface area contributed by atoms with Gasteiger partial charge in [0.15, 0.2) is 0 Å². The second-order valence-electron chi connectivity index (χ2n) is 5.54. The van der Waals surface area contributed by atoms with Crippen molar-refractivity contribution in [3.05, 3.63) is 68.0 Å². The topological polar surface area (TPSA) is 96.0 Å². The molecule has 0 spiro atoms. The lowest BCUT2D eigenvalue weighted by atomic mass is 9.94. The molecule has 0 aliphatic carbocycles. The molecule has 0 bridgehead atoms. The third-order valence-electron chi connectivity index (χ3n) is 4.11. The highest BCUT2D eigenvalue weighted by molar-refractivity contribution is 5.93. The third-order valence-corrected chi connectivity index (χ3v) is 4.11. The fourth-order valence-electron chi connectivity index (χ4n) is 2.79. The van der Waals surface area contributed by atoms with E-state index < -0.39 is 17.2 Å². The van der Waals surface area contributed by atoms with E-state index in [9.17, 15) is 14.4 Å². The van der Waals surface area contributed by atoms with E-state index in [1.54, 1.807) is 0 Å². The number of H-pyrrole nitrogens is 1. The van der Waals surface area contributed by atoms with Crippen LogP contribution in [0.2, 0.25) is 0 Å². The van der Waals surface area contributed by atoms with Gasteiger partial charge < -0.3 is 15.6 Å². The van der Waals surface area contributed by atoms with E-state index in [2.05, 4.69) is 21.7 Å². The van der Waals surface area contributed by atoms with Gasteiger partial charge in [-0.25, -0.2) is 4.79 Å². The second kappa shape index (κ2) is 7.46. The van der Waals surface area contributed by atoms with Crippen molar-refractivity contribution < 1.29 is 4.79 Å². The Kier molecular flexibility index (Phi) is 5.58. The normalized spacial score (nSPS) is 16.0. The molecular formula is C16H19ClN4O3. The summed E-state index contributed by atoms with van der Waals surface area (Å²) in [5, 5.41) is 6.12. The largest absolute Gasteiger partial charge is 0.350 e. The van der Waals surface area contributed by atoms with Crippen molar-refractivity contribution in [3.63, 3.8) is 0 Å². The highest BCUT2D eigenvalue weighted by Gasteiger charge is 2.20. The van der Waals surface area contributed by atoms with E-state index in [0.717, 1.165) is 29.3 Å². The van der Waals surface area contributed by atoms with Crippen LogP contribution in [0.5, 0.6) is 0 Å². The van der Waals surface area contributed by atoms with Crippen LogP contribution in [0.3, 0.4) is 0 Å². The molecule has 7 nitrogen and oxygen atoms in total. The highest BCUT2D eigenvalue weighted by atomic mass is 35.5. The van der Waals surface area contributed by atoms with E-state index in [-0.39, 0.29) is 24.0 Å². The molecule has 1 atom stereocenters. The maximum absolute atomic E-state index is 12.2. The molecule has 1 aromatic carbocycles. The Bertz CT molecular complexity index is 859.